The van der Waals surface area contributed by atoms with Crippen molar-refractivity contribution in [2.75, 3.05) is 12.4 Å². The first-order chi connectivity index (χ1) is 9.63. The molecule has 0 saturated heterocycles. The van der Waals surface area contributed by atoms with Crippen LogP contribution in [0.1, 0.15) is 44.6 Å². The van der Waals surface area contributed by atoms with Gasteiger partial charge in [-0.3, -0.25) is 4.21 Å². The summed E-state index contributed by atoms with van der Waals surface area (Å²) in [6.07, 6.45) is 5.57. The normalized spacial score (nSPS) is 12.3. The first kappa shape index (κ1) is 17.0. The summed E-state index contributed by atoms with van der Waals surface area (Å²) in [4.78, 5) is 0. The largest absolute Gasteiger partial charge is 0.772 e. The quantitative estimate of drug-likeness (QED) is 0.532. The van der Waals surface area contributed by atoms with E-state index in [-0.39, 0.29) is 11.5 Å². The van der Waals surface area contributed by atoms with Gasteiger partial charge in [0.25, 0.3) is 0 Å². The fraction of sp³-hybridized carbons (Fsp3) is 0.600. The van der Waals surface area contributed by atoms with Crippen LogP contribution in [-0.4, -0.2) is 26.2 Å². The molecule has 0 aromatic heterocycles. The van der Waals surface area contributed by atoms with E-state index in [1.807, 2.05) is 6.07 Å². The van der Waals surface area contributed by atoms with Gasteiger partial charge in [0.15, 0.2) is 0 Å². The summed E-state index contributed by atoms with van der Waals surface area (Å²) in [6.45, 7) is 2.68. The van der Waals surface area contributed by atoms with Crippen molar-refractivity contribution in [3.8, 4) is 11.5 Å². The molecule has 114 valence electrons. The SMILES string of the molecule is CCc1ccc(O)cc1OCCCCCCCS(=O)[O-]. The number of hydrogen-bond acceptors (Lipinski definition) is 4. The Hall–Kier alpha value is -1.07. The molecule has 4 nitrogen and oxygen atoms in total. The van der Waals surface area contributed by atoms with Crippen LogP contribution in [-0.2, 0) is 17.5 Å². The Kier molecular flexibility index (Phi) is 8.30. The van der Waals surface area contributed by atoms with E-state index in [2.05, 4.69) is 6.92 Å². The van der Waals surface area contributed by atoms with E-state index in [0.717, 1.165) is 49.8 Å². The molecule has 0 fully saturated rings. The Morgan fingerprint density at radius 1 is 1.20 bits per heavy atom. The molecule has 1 aromatic carbocycles. The van der Waals surface area contributed by atoms with Crippen molar-refractivity contribution < 1.29 is 18.6 Å². The number of benzene rings is 1. The summed E-state index contributed by atoms with van der Waals surface area (Å²) >= 11 is -1.90. The van der Waals surface area contributed by atoms with Gasteiger partial charge >= 0.3 is 0 Å². The van der Waals surface area contributed by atoms with Crippen LogP contribution in [0.4, 0.5) is 0 Å². The van der Waals surface area contributed by atoms with E-state index in [4.69, 9.17) is 4.74 Å². The fourth-order valence-electron chi connectivity index (χ4n) is 2.00. The van der Waals surface area contributed by atoms with E-state index in [9.17, 15) is 13.9 Å². The number of phenols is 1. The van der Waals surface area contributed by atoms with E-state index in [1.54, 1.807) is 12.1 Å². The van der Waals surface area contributed by atoms with Gasteiger partial charge in [-0.1, -0.05) is 43.3 Å². The Balaban J connectivity index is 2.15. The van der Waals surface area contributed by atoms with Crippen molar-refractivity contribution in [2.24, 2.45) is 0 Å². The van der Waals surface area contributed by atoms with Crippen molar-refractivity contribution in [2.45, 2.75) is 45.4 Å². The van der Waals surface area contributed by atoms with Gasteiger partial charge in [0.05, 0.1) is 6.61 Å². The second-order valence-corrected chi connectivity index (χ2v) is 5.79. The van der Waals surface area contributed by atoms with Gasteiger partial charge < -0.3 is 14.4 Å². The summed E-state index contributed by atoms with van der Waals surface area (Å²) in [7, 11) is 0. The van der Waals surface area contributed by atoms with Crippen LogP contribution in [0.2, 0.25) is 0 Å². The summed E-state index contributed by atoms with van der Waals surface area (Å²) < 4.78 is 26.4. The third-order valence-corrected chi connectivity index (χ3v) is 3.77. The zero-order valence-electron chi connectivity index (χ0n) is 12.0. The summed E-state index contributed by atoms with van der Waals surface area (Å²) in [5, 5.41) is 9.45. The van der Waals surface area contributed by atoms with E-state index >= 15 is 0 Å². The lowest BCUT2D eigenvalue weighted by molar-refractivity contribution is 0.300. The van der Waals surface area contributed by atoms with E-state index in [1.165, 1.54) is 0 Å². The monoisotopic (exact) mass is 299 g/mol. The summed E-state index contributed by atoms with van der Waals surface area (Å²) in [6, 6.07) is 5.21. The van der Waals surface area contributed by atoms with E-state index < -0.39 is 11.1 Å². The molecule has 1 rings (SSSR count). The van der Waals surface area contributed by atoms with Gasteiger partial charge in [0.1, 0.15) is 11.5 Å². The van der Waals surface area contributed by atoms with Gasteiger partial charge in [-0.05, 0) is 30.9 Å². The topological polar surface area (TPSA) is 69.6 Å². The molecule has 0 aliphatic rings. The molecule has 0 radical (unpaired) electrons. The van der Waals surface area contributed by atoms with Crippen LogP contribution in [0.15, 0.2) is 18.2 Å². The number of rotatable bonds is 10. The van der Waals surface area contributed by atoms with Gasteiger partial charge in [0.2, 0.25) is 0 Å². The highest BCUT2D eigenvalue weighted by atomic mass is 32.2. The standard InChI is InChI=1S/C15H24O4S/c1-2-13-8-9-14(16)12-15(13)19-10-6-4-3-5-7-11-20(17)18/h8-9,12,16H,2-7,10-11H2,1H3,(H,17,18)/p-1. The van der Waals surface area contributed by atoms with Crippen LogP contribution < -0.4 is 4.74 Å². The summed E-state index contributed by atoms with van der Waals surface area (Å²) in [5.74, 6) is 1.25. The third kappa shape index (κ3) is 6.91. The Bertz CT molecular complexity index is 420. The molecule has 0 spiro atoms. The highest BCUT2D eigenvalue weighted by molar-refractivity contribution is 7.79. The number of aryl methyl sites for hydroxylation is 1. The molecule has 0 heterocycles. The number of ether oxygens (including phenoxy) is 1. The molecule has 20 heavy (non-hydrogen) atoms. The second kappa shape index (κ2) is 9.77. The molecule has 1 N–H and O–H groups in total. The van der Waals surface area contributed by atoms with Gasteiger partial charge in [0, 0.05) is 11.8 Å². The molecule has 0 amide bonds. The van der Waals surface area contributed by atoms with E-state index in [0.29, 0.717) is 6.61 Å². The number of unbranched alkanes of at least 4 members (excludes halogenated alkanes) is 4. The van der Waals surface area contributed by atoms with Crippen LogP contribution in [0.5, 0.6) is 11.5 Å². The zero-order valence-corrected chi connectivity index (χ0v) is 12.8. The molecular weight excluding hydrogens is 276 g/mol. The Morgan fingerprint density at radius 2 is 1.90 bits per heavy atom. The maximum absolute atomic E-state index is 10.3. The van der Waals surface area contributed by atoms with Crippen LogP contribution >= 0.6 is 0 Å². The van der Waals surface area contributed by atoms with Crippen LogP contribution in [0.25, 0.3) is 0 Å². The molecule has 0 bridgehead atoms. The molecule has 0 saturated carbocycles. The van der Waals surface area contributed by atoms with Crippen molar-refractivity contribution in [1.29, 1.82) is 0 Å². The lowest BCUT2D eigenvalue weighted by atomic mass is 10.1. The summed E-state index contributed by atoms with van der Waals surface area (Å²) in [5.41, 5.74) is 1.10. The van der Waals surface area contributed by atoms with Gasteiger partial charge in [-0.2, -0.15) is 0 Å². The minimum absolute atomic E-state index is 0.225. The third-order valence-electron chi connectivity index (χ3n) is 3.14. The van der Waals surface area contributed by atoms with Gasteiger partial charge in [-0.15, -0.1) is 0 Å². The van der Waals surface area contributed by atoms with Crippen molar-refractivity contribution in [3.05, 3.63) is 23.8 Å². The molecule has 5 heteroatoms. The highest BCUT2D eigenvalue weighted by Crippen LogP contribution is 2.24. The molecule has 1 atom stereocenters. The fourth-order valence-corrected chi connectivity index (χ4v) is 2.44. The maximum atomic E-state index is 10.3. The highest BCUT2D eigenvalue weighted by Gasteiger charge is 2.03. The average molecular weight is 299 g/mol. The molecule has 0 aliphatic carbocycles. The molecule has 1 unspecified atom stereocenters. The van der Waals surface area contributed by atoms with Crippen LogP contribution in [0, 0.1) is 0 Å². The number of phenolic OH excluding ortho intramolecular Hbond substituents is 1. The minimum atomic E-state index is -1.90. The Morgan fingerprint density at radius 3 is 2.60 bits per heavy atom. The van der Waals surface area contributed by atoms with Gasteiger partial charge in [-0.25, -0.2) is 0 Å². The number of hydrogen-bond donors (Lipinski definition) is 1. The molecule has 0 aliphatic heterocycles. The lowest BCUT2D eigenvalue weighted by Gasteiger charge is -2.11. The van der Waals surface area contributed by atoms with Crippen molar-refractivity contribution in [1.82, 2.24) is 0 Å². The Labute approximate surface area is 123 Å². The molecule has 1 aromatic rings. The first-order valence-electron chi connectivity index (χ1n) is 7.14. The van der Waals surface area contributed by atoms with Crippen LogP contribution in [0.3, 0.4) is 0 Å². The zero-order chi connectivity index (χ0) is 14.8. The van der Waals surface area contributed by atoms with Crippen molar-refractivity contribution in [3.63, 3.8) is 0 Å². The lowest BCUT2D eigenvalue weighted by Crippen LogP contribution is -2.00. The second-order valence-electron chi connectivity index (χ2n) is 4.77. The predicted molar refractivity (Wildman–Crippen MR) is 79.9 cm³/mol. The maximum Gasteiger partial charge on any atom is 0.126 e. The smallest absolute Gasteiger partial charge is 0.126 e. The predicted octanol–water partition coefficient (Wildman–Crippen LogP) is 3.16. The number of aromatic hydroxyl groups is 1. The molecular formula is C15H23O4S-. The van der Waals surface area contributed by atoms with Crippen molar-refractivity contribution >= 4 is 11.1 Å². The average Bonchev–Trinajstić information content (AvgIpc) is 2.41. The minimum Gasteiger partial charge on any atom is -0.772 e. The first-order valence-corrected chi connectivity index (χ1v) is 8.38.